The van der Waals surface area contributed by atoms with E-state index in [1.165, 1.54) is 11.3 Å². The van der Waals surface area contributed by atoms with Gasteiger partial charge in [0.2, 0.25) is 0 Å². The van der Waals surface area contributed by atoms with Crippen LogP contribution < -0.4 is 10.6 Å². The monoisotopic (exact) mass is 355 g/mol. The number of carbonyl (C=O) groups excluding carboxylic acids is 1. The van der Waals surface area contributed by atoms with Gasteiger partial charge >= 0.3 is 6.03 Å². The third-order valence-corrected chi connectivity index (χ3v) is 4.50. The Hall–Kier alpha value is -2.67. The van der Waals surface area contributed by atoms with Crippen LogP contribution in [-0.4, -0.2) is 20.6 Å². The molecule has 3 aromatic rings. The number of amides is 2. The highest BCUT2D eigenvalue weighted by Crippen LogP contribution is 2.27. The van der Waals surface area contributed by atoms with Crippen LogP contribution in [0, 0.1) is 5.92 Å². The standard InChI is InChI=1S/C18H21N5OS/c1-13(2)12-23-9-8-19-15(23)10-21-18(24)22-16-11-20-17(25-16)14-6-4-3-5-7-14/h3-9,11,13H,10,12H2,1-2H3,(H2,21,22,24). The van der Waals surface area contributed by atoms with Crippen LogP contribution in [0.5, 0.6) is 0 Å². The summed E-state index contributed by atoms with van der Waals surface area (Å²) in [5.41, 5.74) is 1.04. The molecule has 2 heterocycles. The van der Waals surface area contributed by atoms with Crippen LogP contribution in [0.3, 0.4) is 0 Å². The summed E-state index contributed by atoms with van der Waals surface area (Å²) in [6.45, 7) is 5.57. The zero-order valence-corrected chi connectivity index (χ0v) is 15.1. The second-order valence-corrected chi connectivity index (χ2v) is 7.12. The van der Waals surface area contributed by atoms with Crippen molar-refractivity contribution in [2.75, 3.05) is 5.32 Å². The maximum atomic E-state index is 12.1. The molecule has 3 rings (SSSR count). The van der Waals surface area contributed by atoms with Gasteiger partial charge in [0.1, 0.15) is 15.8 Å². The summed E-state index contributed by atoms with van der Waals surface area (Å²) in [6, 6.07) is 9.63. The van der Waals surface area contributed by atoms with Gasteiger partial charge in [0.25, 0.3) is 0 Å². The molecule has 25 heavy (non-hydrogen) atoms. The highest BCUT2D eigenvalue weighted by molar-refractivity contribution is 7.19. The van der Waals surface area contributed by atoms with Crippen molar-refractivity contribution in [1.29, 1.82) is 0 Å². The van der Waals surface area contributed by atoms with Gasteiger partial charge in [0, 0.05) is 24.5 Å². The van der Waals surface area contributed by atoms with Crippen molar-refractivity contribution in [2.24, 2.45) is 5.92 Å². The Morgan fingerprint density at radius 1 is 1.24 bits per heavy atom. The second-order valence-electron chi connectivity index (χ2n) is 6.09. The molecule has 0 spiro atoms. The Balaban J connectivity index is 1.55. The lowest BCUT2D eigenvalue weighted by Gasteiger charge is -2.11. The average molecular weight is 355 g/mol. The van der Waals surface area contributed by atoms with Gasteiger partial charge in [-0.3, -0.25) is 5.32 Å². The molecule has 2 aromatic heterocycles. The molecular weight excluding hydrogens is 334 g/mol. The van der Waals surface area contributed by atoms with Gasteiger partial charge in [-0.05, 0) is 5.92 Å². The molecule has 7 heteroatoms. The van der Waals surface area contributed by atoms with E-state index < -0.39 is 0 Å². The van der Waals surface area contributed by atoms with Crippen molar-refractivity contribution < 1.29 is 4.79 Å². The average Bonchev–Trinajstić information content (AvgIpc) is 3.23. The number of aromatic nitrogens is 3. The fourth-order valence-corrected chi connectivity index (χ4v) is 3.25. The molecule has 0 saturated heterocycles. The lowest BCUT2D eigenvalue weighted by molar-refractivity contribution is 0.251. The van der Waals surface area contributed by atoms with Crippen molar-refractivity contribution in [1.82, 2.24) is 19.9 Å². The molecule has 0 aliphatic rings. The summed E-state index contributed by atoms with van der Waals surface area (Å²) in [6.07, 6.45) is 5.36. The Labute approximate surface area is 150 Å². The van der Waals surface area contributed by atoms with Crippen molar-refractivity contribution in [3.05, 3.63) is 54.7 Å². The third kappa shape index (κ3) is 4.67. The number of carbonyl (C=O) groups is 1. The second kappa shape index (κ2) is 7.94. The Bertz CT molecular complexity index is 825. The lowest BCUT2D eigenvalue weighted by Crippen LogP contribution is -2.29. The predicted molar refractivity (Wildman–Crippen MR) is 100 cm³/mol. The highest BCUT2D eigenvalue weighted by atomic mass is 32.1. The van der Waals surface area contributed by atoms with Crippen LogP contribution in [0.4, 0.5) is 9.80 Å². The molecule has 1 aromatic carbocycles. The quantitative estimate of drug-likeness (QED) is 0.702. The zero-order chi connectivity index (χ0) is 17.6. The normalized spacial score (nSPS) is 10.8. The van der Waals surface area contributed by atoms with E-state index in [2.05, 4.69) is 39.0 Å². The number of benzene rings is 1. The molecule has 0 fully saturated rings. The van der Waals surface area contributed by atoms with Crippen LogP contribution in [0.2, 0.25) is 0 Å². The van der Waals surface area contributed by atoms with Gasteiger partial charge in [-0.2, -0.15) is 0 Å². The third-order valence-electron chi connectivity index (χ3n) is 3.53. The van der Waals surface area contributed by atoms with Crippen LogP contribution >= 0.6 is 11.3 Å². The number of anilines is 1. The molecule has 6 nitrogen and oxygen atoms in total. The van der Waals surface area contributed by atoms with Gasteiger partial charge in [0.15, 0.2) is 0 Å². The lowest BCUT2D eigenvalue weighted by atomic mass is 10.2. The highest BCUT2D eigenvalue weighted by Gasteiger charge is 2.09. The molecule has 0 aliphatic heterocycles. The molecule has 2 N–H and O–H groups in total. The Kier molecular flexibility index (Phi) is 5.45. The maximum absolute atomic E-state index is 12.1. The van der Waals surface area contributed by atoms with E-state index in [4.69, 9.17) is 0 Å². The van der Waals surface area contributed by atoms with Crippen molar-refractivity contribution >= 4 is 22.4 Å². The van der Waals surface area contributed by atoms with Gasteiger partial charge < -0.3 is 9.88 Å². The molecule has 0 radical (unpaired) electrons. The van der Waals surface area contributed by atoms with E-state index in [0.29, 0.717) is 17.5 Å². The Morgan fingerprint density at radius 3 is 2.80 bits per heavy atom. The Morgan fingerprint density at radius 2 is 2.04 bits per heavy atom. The first-order valence-electron chi connectivity index (χ1n) is 8.18. The van der Waals surface area contributed by atoms with Crippen LogP contribution in [0.1, 0.15) is 19.7 Å². The molecule has 130 valence electrons. The number of nitrogens with one attached hydrogen (secondary N) is 2. The summed E-state index contributed by atoms with van der Waals surface area (Å²) in [4.78, 5) is 20.8. The number of nitrogens with zero attached hydrogens (tertiary/aromatic N) is 3. The zero-order valence-electron chi connectivity index (χ0n) is 14.3. The summed E-state index contributed by atoms with van der Waals surface area (Å²) >= 11 is 1.45. The van der Waals surface area contributed by atoms with Gasteiger partial charge in [0.05, 0.1) is 12.7 Å². The number of thiazole rings is 1. The predicted octanol–water partition coefficient (Wildman–Crippen LogP) is 3.98. The molecule has 0 unspecified atom stereocenters. The van der Waals surface area contributed by atoms with E-state index in [1.54, 1.807) is 12.4 Å². The fraction of sp³-hybridized carbons (Fsp3) is 0.278. The summed E-state index contributed by atoms with van der Waals surface area (Å²) < 4.78 is 2.06. The SMILES string of the molecule is CC(C)Cn1ccnc1CNC(=O)Nc1cnc(-c2ccccc2)s1. The van der Waals surface area contributed by atoms with E-state index in [9.17, 15) is 4.79 Å². The van der Waals surface area contributed by atoms with Crippen molar-refractivity contribution in [3.63, 3.8) is 0 Å². The first-order valence-corrected chi connectivity index (χ1v) is 8.99. The minimum absolute atomic E-state index is 0.262. The largest absolute Gasteiger partial charge is 0.333 e. The van der Waals surface area contributed by atoms with Gasteiger partial charge in [-0.15, -0.1) is 0 Å². The van der Waals surface area contributed by atoms with Crippen LogP contribution in [0.15, 0.2) is 48.9 Å². The van der Waals surface area contributed by atoms with Gasteiger partial charge in [-0.1, -0.05) is 55.5 Å². The number of urea groups is 1. The van der Waals surface area contributed by atoms with Crippen molar-refractivity contribution in [3.8, 4) is 10.6 Å². The fourth-order valence-electron chi connectivity index (χ4n) is 2.43. The van der Waals surface area contributed by atoms with Crippen LogP contribution in [0.25, 0.3) is 10.6 Å². The molecule has 0 bridgehead atoms. The van der Waals surface area contributed by atoms with E-state index >= 15 is 0 Å². The molecule has 2 amide bonds. The summed E-state index contributed by atoms with van der Waals surface area (Å²) in [5.74, 6) is 1.37. The molecular formula is C18H21N5OS. The molecule has 0 atom stereocenters. The first-order chi connectivity index (χ1) is 12.1. The van der Waals surface area contributed by atoms with Gasteiger partial charge in [-0.25, -0.2) is 14.8 Å². The first kappa shape index (κ1) is 17.2. The summed E-state index contributed by atoms with van der Waals surface area (Å²) in [7, 11) is 0. The van der Waals surface area contributed by atoms with E-state index in [1.807, 2.05) is 36.5 Å². The number of rotatable bonds is 6. The summed E-state index contributed by atoms with van der Waals surface area (Å²) in [5, 5.41) is 7.25. The van der Waals surface area contributed by atoms with Crippen molar-refractivity contribution in [2.45, 2.75) is 26.9 Å². The minimum Gasteiger partial charge on any atom is -0.333 e. The molecule has 0 saturated carbocycles. The topological polar surface area (TPSA) is 71.8 Å². The number of imidazole rings is 1. The minimum atomic E-state index is -0.262. The molecule has 0 aliphatic carbocycles. The number of hydrogen-bond acceptors (Lipinski definition) is 4. The van der Waals surface area contributed by atoms with Crippen LogP contribution in [-0.2, 0) is 13.1 Å². The smallest absolute Gasteiger partial charge is 0.320 e. The van der Waals surface area contributed by atoms with E-state index in [0.717, 1.165) is 22.9 Å². The van der Waals surface area contributed by atoms with E-state index in [-0.39, 0.29) is 6.03 Å². The maximum Gasteiger partial charge on any atom is 0.320 e. The number of hydrogen-bond donors (Lipinski definition) is 2.